The summed E-state index contributed by atoms with van der Waals surface area (Å²) in [5.74, 6) is -0.261. The molecule has 0 aliphatic carbocycles. The summed E-state index contributed by atoms with van der Waals surface area (Å²) in [4.78, 5) is 2.46. The van der Waals surface area contributed by atoms with Gasteiger partial charge in [0.2, 0.25) is 0 Å². The van der Waals surface area contributed by atoms with E-state index in [1.165, 1.54) is 17.2 Å². The van der Waals surface area contributed by atoms with Gasteiger partial charge in [0.1, 0.15) is 5.82 Å². The van der Waals surface area contributed by atoms with E-state index in [-0.39, 0.29) is 23.9 Å². The molecule has 2 unspecified atom stereocenters. The van der Waals surface area contributed by atoms with Crippen molar-refractivity contribution in [2.45, 2.75) is 24.5 Å². The number of hydrogen-bond acceptors (Lipinski definition) is 2. The highest BCUT2D eigenvalue weighted by Gasteiger charge is 2.39. The Morgan fingerprint density at radius 2 is 1.48 bits per heavy atom. The van der Waals surface area contributed by atoms with E-state index in [4.69, 9.17) is 5.73 Å². The number of hydrogen-bond donors (Lipinski definition) is 1. The number of nitrogens with two attached hydrogens (primary N) is 1. The molecule has 2 nitrogen and oxygen atoms in total. The highest BCUT2D eigenvalue weighted by Crippen LogP contribution is 2.40. The predicted octanol–water partition coefficient (Wildman–Crippen LogP) is 5.45. The molecular formula is C23H22BrFN2. The lowest BCUT2D eigenvalue weighted by Gasteiger charge is -2.49. The Labute approximate surface area is 167 Å². The molecule has 0 spiro atoms. The van der Waals surface area contributed by atoms with Gasteiger partial charge in [-0.05, 0) is 51.2 Å². The Balaban J connectivity index is 1.65. The molecule has 2 atom stereocenters. The molecule has 1 saturated heterocycles. The zero-order valence-electron chi connectivity index (χ0n) is 14.9. The van der Waals surface area contributed by atoms with Gasteiger partial charge in [-0.3, -0.25) is 4.90 Å². The Morgan fingerprint density at radius 1 is 0.889 bits per heavy atom. The fourth-order valence-corrected chi connectivity index (χ4v) is 4.32. The van der Waals surface area contributed by atoms with Crippen molar-refractivity contribution >= 4 is 15.9 Å². The Kier molecular flexibility index (Phi) is 5.39. The highest BCUT2D eigenvalue weighted by atomic mass is 79.9. The third-order valence-corrected chi connectivity index (χ3v) is 6.02. The normalized spacial score (nSPS) is 18.3. The molecule has 4 rings (SSSR count). The minimum atomic E-state index is -0.261. The summed E-state index contributed by atoms with van der Waals surface area (Å²) in [6.45, 7) is 0.995. The van der Waals surface area contributed by atoms with Crippen molar-refractivity contribution < 1.29 is 4.39 Å². The second-order valence-corrected chi connectivity index (χ2v) is 7.87. The van der Waals surface area contributed by atoms with Crippen molar-refractivity contribution in [2.24, 2.45) is 5.73 Å². The molecule has 3 aromatic rings. The van der Waals surface area contributed by atoms with Crippen LogP contribution in [0.15, 0.2) is 83.3 Å². The molecule has 0 bridgehead atoms. The van der Waals surface area contributed by atoms with Crippen molar-refractivity contribution in [3.8, 4) is 0 Å². The maximum Gasteiger partial charge on any atom is 0.137 e. The van der Waals surface area contributed by atoms with Crippen LogP contribution < -0.4 is 5.73 Å². The first kappa shape index (κ1) is 18.4. The molecule has 1 heterocycles. The zero-order valence-corrected chi connectivity index (χ0v) is 16.5. The van der Waals surface area contributed by atoms with Gasteiger partial charge in [0.25, 0.3) is 0 Å². The summed E-state index contributed by atoms with van der Waals surface area (Å²) in [6, 6.07) is 26.4. The van der Waals surface area contributed by atoms with Crippen molar-refractivity contribution in [3.63, 3.8) is 0 Å². The fourth-order valence-electron chi connectivity index (χ4n) is 3.92. The van der Waals surface area contributed by atoms with E-state index in [0.29, 0.717) is 4.47 Å². The van der Waals surface area contributed by atoms with E-state index in [1.807, 2.05) is 12.1 Å². The average Bonchev–Trinajstić information content (AvgIpc) is 2.68. The summed E-state index contributed by atoms with van der Waals surface area (Å²) < 4.78 is 14.1. The lowest BCUT2D eigenvalue weighted by Crippen LogP contribution is -2.54. The number of halogens is 2. The molecule has 0 aromatic heterocycles. The second-order valence-electron chi connectivity index (χ2n) is 7.02. The Morgan fingerprint density at radius 3 is 1.96 bits per heavy atom. The van der Waals surface area contributed by atoms with Crippen molar-refractivity contribution in [1.29, 1.82) is 0 Å². The molecule has 4 heteroatoms. The second kappa shape index (κ2) is 7.93. The van der Waals surface area contributed by atoms with Crippen LogP contribution in [0.25, 0.3) is 0 Å². The standard InChI is InChI=1S/C23H22BrFN2/c24-19-15-18(11-12-20(19)25)22(26)21-13-14-27(21)23(16-7-3-1-4-8-16)17-9-5-2-6-10-17/h1-12,15,21-23H,13-14,26H2. The maximum absolute atomic E-state index is 13.6. The summed E-state index contributed by atoms with van der Waals surface area (Å²) in [7, 11) is 0. The SMILES string of the molecule is NC(c1ccc(F)c(Br)c1)C1CCN1C(c1ccccc1)c1ccccc1. The number of benzene rings is 3. The fraction of sp³-hybridized carbons (Fsp3) is 0.217. The van der Waals surface area contributed by atoms with Crippen LogP contribution in [0.4, 0.5) is 4.39 Å². The van der Waals surface area contributed by atoms with E-state index in [1.54, 1.807) is 12.1 Å². The van der Waals surface area contributed by atoms with E-state index in [0.717, 1.165) is 18.5 Å². The topological polar surface area (TPSA) is 29.3 Å². The summed E-state index contributed by atoms with van der Waals surface area (Å²) >= 11 is 3.28. The van der Waals surface area contributed by atoms with Gasteiger partial charge < -0.3 is 5.73 Å². The smallest absolute Gasteiger partial charge is 0.137 e. The average molecular weight is 425 g/mol. The molecule has 1 aliphatic heterocycles. The van der Waals surface area contributed by atoms with Gasteiger partial charge >= 0.3 is 0 Å². The summed E-state index contributed by atoms with van der Waals surface area (Å²) in [6.07, 6.45) is 1.03. The Bertz CT molecular complexity index is 861. The van der Waals surface area contributed by atoms with E-state index < -0.39 is 0 Å². The van der Waals surface area contributed by atoms with Gasteiger partial charge in [0.15, 0.2) is 0 Å². The minimum absolute atomic E-state index is 0.162. The quantitative estimate of drug-likeness (QED) is 0.589. The maximum atomic E-state index is 13.6. The van der Waals surface area contributed by atoms with E-state index in [9.17, 15) is 4.39 Å². The first-order valence-corrected chi connectivity index (χ1v) is 10.0. The first-order chi connectivity index (χ1) is 13.1. The predicted molar refractivity (Wildman–Crippen MR) is 111 cm³/mol. The number of likely N-dealkylation sites (tertiary alicyclic amines) is 1. The van der Waals surface area contributed by atoms with E-state index in [2.05, 4.69) is 69.4 Å². The van der Waals surface area contributed by atoms with Gasteiger partial charge in [-0.25, -0.2) is 4.39 Å². The molecule has 27 heavy (non-hydrogen) atoms. The molecule has 0 radical (unpaired) electrons. The van der Waals surface area contributed by atoms with Crippen molar-refractivity contribution in [3.05, 3.63) is 106 Å². The third-order valence-electron chi connectivity index (χ3n) is 5.41. The molecule has 1 fully saturated rings. The zero-order chi connectivity index (χ0) is 18.8. The molecule has 0 saturated carbocycles. The summed E-state index contributed by atoms with van der Waals surface area (Å²) in [5.41, 5.74) is 10.1. The van der Waals surface area contributed by atoms with Crippen LogP contribution in [-0.2, 0) is 0 Å². The van der Waals surface area contributed by atoms with Crippen LogP contribution in [0.2, 0.25) is 0 Å². The third kappa shape index (κ3) is 3.70. The van der Waals surface area contributed by atoms with Crippen molar-refractivity contribution in [2.75, 3.05) is 6.54 Å². The minimum Gasteiger partial charge on any atom is -0.323 e. The molecular weight excluding hydrogens is 403 g/mol. The molecule has 2 N–H and O–H groups in total. The molecule has 138 valence electrons. The van der Waals surface area contributed by atoms with Gasteiger partial charge in [-0.1, -0.05) is 66.7 Å². The van der Waals surface area contributed by atoms with E-state index >= 15 is 0 Å². The first-order valence-electron chi connectivity index (χ1n) is 9.21. The molecule has 1 aliphatic rings. The van der Waals surface area contributed by atoms with Gasteiger partial charge in [-0.15, -0.1) is 0 Å². The van der Waals surface area contributed by atoms with Crippen LogP contribution >= 0.6 is 15.9 Å². The lowest BCUT2D eigenvalue weighted by atomic mass is 9.85. The highest BCUT2D eigenvalue weighted by molar-refractivity contribution is 9.10. The monoisotopic (exact) mass is 424 g/mol. The summed E-state index contributed by atoms with van der Waals surface area (Å²) in [5, 5.41) is 0. The van der Waals surface area contributed by atoms with Gasteiger partial charge in [0, 0.05) is 18.6 Å². The largest absolute Gasteiger partial charge is 0.323 e. The van der Waals surface area contributed by atoms with Gasteiger partial charge in [0.05, 0.1) is 10.5 Å². The molecule has 0 amide bonds. The van der Waals surface area contributed by atoms with Crippen LogP contribution in [0.3, 0.4) is 0 Å². The molecule has 3 aromatic carbocycles. The van der Waals surface area contributed by atoms with Crippen LogP contribution in [0, 0.1) is 5.82 Å². The van der Waals surface area contributed by atoms with Gasteiger partial charge in [-0.2, -0.15) is 0 Å². The van der Waals surface area contributed by atoms with Crippen molar-refractivity contribution in [1.82, 2.24) is 4.90 Å². The lowest BCUT2D eigenvalue weighted by molar-refractivity contribution is 0.0392. The van der Waals surface area contributed by atoms with Crippen LogP contribution in [0.1, 0.15) is 35.2 Å². The number of rotatable bonds is 5. The number of nitrogens with zero attached hydrogens (tertiary/aromatic N) is 1. The van der Waals surface area contributed by atoms with Crippen LogP contribution in [0.5, 0.6) is 0 Å². The van der Waals surface area contributed by atoms with Crippen LogP contribution in [-0.4, -0.2) is 17.5 Å². The Hall–Kier alpha value is -2.01.